The Hall–Kier alpha value is -0.980. The predicted molar refractivity (Wildman–Crippen MR) is 59.7 cm³/mol. The summed E-state index contributed by atoms with van der Waals surface area (Å²) >= 11 is 0. The monoisotopic (exact) mass is 187 g/mol. The van der Waals surface area contributed by atoms with Crippen molar-refractivity contribution < 1.29 is 0 Å². The molecule has 1 aliphatic carbocycles. The summed E-state index contributed by atoms with van der Waals surface area (Å²) in [6.07, 6.45) is 3.99. The van der Waals surface area contributed by atoms with E-state index in [9.17, 15) is 0 Å². The number of rotatable bonds is 0. The van der Waals surface area contributed by atoms with Gasteiger partial charge in [-0.3, -0.25) is 0 Å². The van der Waals surface area contributed by atoms with E-state index in [0.717, 1.165) is 0 Å². The Morgan fingerprint density at radius 2 is 1.93 bits per heavy atom. The molecular formula is C13H17N. The van der Waals surface area contributed by atoms with E-state index in [-0.39, 0.29) is 0 Å². The number of hydrogen-bond acceptors (Lipinski definition) is 1. The van der Waals surface area contributed by atoms with Crippen molar-refractivity contribution in [2.75, 3.05) is 5.32 Å². The van der Waals surface area contributed by atoms with Crippen LogP contribution in [0.1, 0.15) is 38.7 Å². The van der Waals surface area contributed by atoms with Gasteiger partial charge in [-0.25, -0.2) is 0 Å². The van der Waals surface area contributed by atoms with Crippen molar-refractivity contribution in [3.05, 3.63) is 29.8 Å². The Morgan fingerprint density at radius 1 is 1.14 bits per heavy atom. The minimum Gasteiger partial charge on any atom is -0.379 e. The molecule has 1 saturated carbocycles. The molecule has 1 fully saturated rings. The fraction of sp³-hybridized carbons (Fsp3) is 0.538. The zero-order chi connectivity index (χ0) is 9.81. The van der Waals surface area contributed by atoms with E-state index < -0.39 is 0 Å². The molecule has 2 atom stereocenters. The smallest absolute Gasteiger partial charge is 0.0440 e. The van der Waals surface area contributed by atoms with Crippen LogP contribution >= 0.6 is 0 Å². The van der Waals surface area contributed by atoms with Gasteiger partial charge in [0.25, 0.3) is 0 Å². The second-order valence-electron chi connectivity index (χ2n) is 5.19. The van der Waals surface area contributed by atoms with E-state index >= 15 is 0 Å². The fourth-order valence-corrected chi connectivity index (χ4v) is 3.35. The van der Waals surface area contributed by atoms with Crippen LogP contribution in [0.2, 0.25) is 0 Å². The molecule has 0 spiro atoms. The Bertz CT molecular complexity index is 385. The lowest BCUT2D eigenvalue weighted by molar-refractivity contribution is 0.359. The molecule has 1 heteroatoms. The van der Waals surface area contributed by atoms with Gasteiger partial charge < -0.3 is 5.32 Å². The number of hydrogen-bond donors (Lipinski definition) is 1. The normalized spacial score (nSPS) is 39.0. The molecule has 1 heterocycles. The third kappa shape index (κ3) is 0.765. The second kappa shape index (κ2) is 2.33. The van der Waals surface area contributed by atoms with Crippen LogP contribution in [-0.4, -0.2) is 5.54 Å². The molecule has 0 bridgehead atoms. The van der Waals surface area contributed by atoms with Crippen molar-refractivity contribution in [3.8, 4) is 0 Å². The van der Waals surface area contributed by atoms with E-state index in [2.05, 4.69) is 43.4 Å². The molecule has 0 unspecified atom stereocenters. The van der Waals surface area contributed by atoms with Gasteiger partial charge in [0.15, 0.2) is 0 Å². The summed E-state index contributed by atoms with van der Waals surface area (Å²) in [4.78, 5) is 0. The second-order valence-corrected chi connectivity index (χ2v) is 5.19. The summed E-state index contributed by atoms with van der Waals surface area (Å²) in [6, 6.07) is 8.79. The third-order valence-electron chi connectivity index (χ3n) is 4.50. The molecule has 0 aromatic heterocycles. The molecule has 1 N–H and O–H groups in total. The highest BCUT2D eigenvalue weighted by atomic mass is 15.0. The van der Waals surface area contributed by atoms with Gasteiger partial charge in [0.05, 0.1) is 0 Å². The largest absolute Gasteiger partial charge is 0.379 e. The van der Waals surface area contributed by atoms with E-state index in [1.54, 1.807) is 0 Å². The van der Waals surface area contributed by atoms with Gasteiger partial charge in [-0.05, 0) is 31.4 Å². The first-order valence-electron chi connectivity index (χ1n) is 5.53. The first-order valence-corrected chi connectivity index (χ1v) is 5.53. The molecule has 74 valence electrons. The van der Waals surface area contributed by atoms with Crippen molar-refractivity contribution in [2.45, 2.75) is 44.1 Å². The minimum atomic E-state index is 0.302. The van der Waals surface area contributed by atoms with Crippen molar-refractivity contribution in [1.29, 1.82) is 0 Å². The average Bonchev–Trinajstić information content (AvgIpc) is 2.54. The first-order chi connectivity index (χ1) is 6.66. The lowest BCUT2D eigenvalue weighted by Crippen LogP contribution is -2.43. The highest BCUT2D eigenvalue weighted by Gasteiger charge is 2.54. The summed E-state index contributed by atoms with van der Waals surface area (Å²) in [5.74, 6) is 0. The predicted octanol–water partition coefficient (Wildman–Crippen LogP) is 3.31. The lowest BCUT2D eigenvalue weighted by atomic mass is 9.73. The summed E-state index contributed by atoms with van der Waals surface area (Å²) in [7, 11) is 0. The van der Waals surface area contributed by atoms with Gasteiger partial charge in [0.2, 0.25) is 0 Å². The Balaban J connectivity index is 2.22. The summed E-state index contributed by atoms with van der Waals surface area (Å²) in [6.45, 7) is 4.79. The molecule has 2 aliphatic rings. The molecule has 1 aliphatic heterocycles. The zero-order valence-electron chi connectivity index (χ0n) is 8.93. The maximum Gasteiger partial charge on any atom is 0.0440 e. The maximum atomic E-state index is 3.71. The van der Waals surface area contributed by atoms with E-state index in [1.807, 2.05) is 0 Å². The van der Waals surface area contributed by atoms with Gasteiger partial charge in [-0.1, -0.05) is 31.5 Å². The van der Waals surface area contributed by atoms with E-state index in [0.29, 0.717) is 11.0 Å². The van der Waals surface area contributed by atoms with Crippen LogP contribution in [0.15, 0.2) is 24.3 Å². The van der Waals surface area contributed by atoms with Crippen LogP contribution in [0.3, 0.4) is 0 Å². The van der Waals surface area contributed by atoms with Crippen LogP contribution in [0.5, 0.6) is 0 Å². The van der Waals surface area contributed by atoms with Gasteiger partial charge in [-0.15, -0.1) is 0 Å². The van der Waals surface area contributed by atoms with Gasteiger partial charge in [0, 0.05) is 16.6 Å². The number of para-hydroxylation sites is 1. The van der Waals surface area contributed by atoms with Gasteiger partial charge in [-0.2, -0.15) is 0 Å². The highest BCUT2D eigenvalue weighted by Crippen LogP contribution is 2.56. The van der Waals surface area contributed by atoms with E-state index in [1.165, 1.54) is 30.5 Å². The van der Waals surface area contributed by atoms with Crippen molar-refractivity contribution in [2.24, 2.45) is 0 Å². The van der Waals surface area contributed by atoms with Crippen molar-refractivity contribution >= 4 is 5.69 Å². The van der Waals surface area contributed by atoms with Crippen LogP contribution in [0.25, 0.3) is 0 Å². The molecule has 0 saturated heterocycles. The molecule has 1 aromatic rings. The molecular weight excluding hydrogens is 170 g/mol. The van der Waals surface area contributed by atoms with E-state index in [4.69, 9.17) is 0 Å². The van der Waals surface area contributed by atoms with Gasteiger partial charge >= 0.3 is 0 Å². The minimum absolute atomic E-state index is 0.302. The Morgan fingerprint density at radius 3 is 2.79 bits per heavy atom. The standard InChI is InChI=1S/C13H17N/c1-12-8-5-9-13(12,2)14-11-7-4-3-6-10(11)12/h3-4,6-7,14H,5,8-9H2,1-2H3/t12-,13-/m1/s1. The Kier molecular flexibility index (Phi) is 1.39. The van der Waals surface area contributed by atoms with Crippen LogP contribution in [0.4, 0.5) is 5.69 Å². The summed E-state index contributed by atoms with van der Waals surface area (Å²) < 4.78 is 0. The molecule has 1 aromatic carbocycles. The molecule has 0 radical (unpaired) electrons. The first kappa shape index (κ1) is 8.34. The average molecular weight is 187 g/mol. The van der Waals surface area contributed by atoms with Crippen molar-refractivity contribution in [3.63, 3.8) is 0 Å². The maximum absolute atomic E-state index is 3.71. The molecule has 14 heavy (non-hydrogen) atoms. The quantitative estimate of drug-likeness (QED) is 0.657. The lowest BCUT2D eigenvalue weighted by Gasteiger charge is -2.34. The number of nitrogens with one attached hydrogen (secondary N) is 1. The molecule has 3 rings (SSSR count). The number of anilines is 1. The molecule has 0 amide bonds. The van der Waals surface area contributed by atoms with Crippen LogP contribution in [-0.2, 0) is 5.41 Å². The van der Waals surface area contributed by atoms with Crippen molar-refractivity contribution in [1.82, 2.24) is 0 Å². The van der Waals surface area contributed by atoms with Crippen LogP contribution in [0, 0.1) is 0 Å². The zero-order valence-corrected chi connectivity index (χ0v) is 8.93. The topological polar surface area (TPSA) is 12.0 Å². The number of benzene rings is 1. The van der Waals surface area contributed by atoms with Gasteiger partial charge in [0.1, 0.15) is 0 Å². The fourth-order valence-electron chi connectivity index (χ4n) is 3.35. The SMILES string of the molecule is C[C@@]12CCC[C@]1(C)c1ccccc1N2. The van der Waals surface area contributed by atoms with Crippen LogP contribution < -0.4 is 5.32 Å². The highest BCUT2D eigenvalue weighted by molar-refractivity contribution is 5.64. The summed E-state index contributed by atoms with van der Waals surface area (Å²) in [5, 5.41) is 3.71. The number of fused-ring (bicyclic) bond motifs is 3. The molecule has 1 nitrogen and oxygen atoms in total. The third-order valence-corrected chi connectivity index (χ3v) is 4.50. The Labute approximate surface area is 85.5 Å². The summed E-state index contributed by atoms with van der Waals surface area (Å²) in [5.41, 5.74) is 3.55.